The number of aliphatic hydroxyl groups is 1. The lowest BCUT2D eigenvalue weighted by molar-refractivity contribution is 0.474. The fourth-order valence-corrected chi connectivity index (χ4v) is 0.134. The Balaban J connectivity index is 3.30. The van der Waals surface area contributed by atoms with Crippen molar-refractivity contribution in [2.75, 3.05) is 0 Å². The lowest BCUT2D eigenvalue weighted by atomic mass is 10.6. The summed E-state index contributed by atoms with van der Waals surface area (Å²) in [6.45, 7) is 0. The van der Waals surface area contributed by atoms with E-state index in [2.05, 4.69) is 12.2 Å². The Bertz CT molecular complexity index is 78.9. The van der Waals surface area contributed by atoms with Crippen LogP contribution in [0.4, 0.5) is 0 Å². The zero-order valence-electron chi connectivity index (χ0n) is 3.09. The van der Waals surface area contributed by atoms with E-state index in [4.69, 9.17) is 10.8 Å². The molecule has 0 aromatic carbocycles. The molecule has 3 heteroatoms. The van der Waals surface area contributed by atoms with Gasteiger partial charge in [0.2, 0.25) is 0 Å². The molecule has 0 aliphatic heterocycles. The summed E-state index contributed by atoms with van der Waals surface area (Å²) in [7, 11) is 0. The van der Waals surface area contributed by atoms with Crippen molar-refractivity contribution in [3.05, 3.63) is 12.3 Å². The number of hydrogen-bond donors (Lipinski definition) is 2. The van der Waals surface area contributed by atoms with E-state index in [1.807, 2.05) is 0 Å². The van der Waals surface area contributed by atoms with Crippen molar-refractivity contribution in [3.63, 3.8) is 0 Å². The van der Waals surface area contributed by atoms with E-state index in [0.29, 0.717) is 0 Å². The van der Waals surface area contributed by atoms with Crippen LogP contribution in [0.2, 0.25) is 0 Å². The van der Waals surface area contributed by atoms with Gasteiger partial charge in [-0.15, -0.1) is 0 Å². The molecule has 0 aliphatic carbocycles. The van der Waals surface area contributed by atoms with Gasteiger partial charge in [0.1, 0.15) is 0 Å². The van der Waals surface area contributed by atoms with Gasteiger partial charge in [0.15, 0.2) is 0 Å². The summed E-state index contributed by atoms with van der Waals surface area (Å²) in [5.74, 6) is 0. The maximum absolute atomic E-state index is 7.89. The molecule has 0 spiro atoms. The number of hydrogen-bond acceptors (Lipinski definition) is 2. The first-order valence-corrected chi connectivity index (χ1v) is 1.78. The molecule has 0 saturated carbocycles. The van der Waals surface area contributed by atoms with Gasteiger partial charge in [0, 0.05) is 6.08 Å². The molecule has 0 rings (SSSR count). The summed E-state index contributed by atoms with van der Waals surface area (Å²) < 4.78 is 0. The molecule has 0 unspecified atom stereocenters. The molecule has 0 fully saturated rings. The number of rotatable bonds is 1. The average molecular weight is 103 g/mol. The molecule has 0 saturated heterocycles. The number of thiocarbonyl (C=S) groups is 1. The smallest absolute Gasteiger partial charge is 0.0992 e. The maximum Gasteiger partial charge on any atom is 0.0992 e. The second kappa shape index (κ2) is 2.66. The zero-order chi connectivity index (χ0) is 4.99. The van der Waals surface area contributed by atoms with E-state index in [1.165, 1.54) is 6.08 Å². The minimum absolute atomic E-state index is 0.192. The van der Waals surface area contributed by atoms with E-state index in [-0.39, 0.29) is 4.99 Å². The third-order valence-electron chi connectivity index (χ3n) is 0.239. The second-order valence-corrected chi connectivity index (χ2v) is 1.19. The van der Waals surface area contributed by atoms with E-state index in [1.54, 1.807) is 0 Å². The molecule has 0 aliphatic rings. The van der Waals surface area contributed by atoms with Crippen molar-refractivity contribution in [2.24, 2.45) is 5.73 Å². The van der Waals surface area contributed by atoms with Crippen LogP contribution in [-0.2, 0) is 0 Å². The molecule has 0 aromatic heterocycles. The molecule has 0 bridgehead atoms. The molecular weight excluding hydrogens is 98.1 g/mol. The van der Waals surface area contributed by atoms with Crippen LogP contribution in [0.5, 0.6) is 0 Å². The van der Waals surface area contributed by atoms with Crippen LogP contribution in [0.15, 0.2) is 12.3 Å². The third-order valence-corrected chi connectivity index (χ3v) is 0.375. The number of aliphatic hydroxyl groups excluding tert-OH is 1. The number of nitrogens with two attached hydrogens (primary N) is 1. The minimum atomic E-state index is 0.192. The Labute approximate surface area is 41.3 Å². The minimum Gasteiger partial charge on any atom is -0.515 e. The molecule has 3 N–H and O–H groups in total. The van der Waals surface area contributed by atoms with Crippen LogP contribution in [0, 0.1) is 0 Å². The fourth-order valence-electron chi connectivity index (χ4n) is 0.0735. The topological polar surface area (TPSA) is 46.2 Å². The Morgan fingerprint density at radius 3 is 2.33 bits per heavy atom. The average Bonchev–Trinajstić information content (AvgIpc) is 1.35. The largest absolute Gasteiger partial charge is 0.515 e. The summed E-state index contributed by atoms with van der Waals surface area (Å²) >= 11 is 4.33. The summed E-state index contributed by atoms with van der Waals surface area (Å²) in [5, 5.41) is 7.89. The van der Waals surface area contributed by atoms with Crippen molar-refractivity contribution < 1.29 is 5.11 Å². The quantitative estimate of drug-likeness (QED) is 0.286. The van der Waals surface area contributed by atoms with Crippen LogP contribution in [0.1, 0.15) is 0 Å². The van der Waals surface area contributed by atoms with Gasteiger partial charge in [-0.05, 0) is 0 Å². The molecule has 34 valence electrons. The van der Waals surface area contributed by atoms with Crippen molar-refractivity contribution in [1.82, 2.24) is 0 Å². The van der Waals surface area contributed by atoms with Gasteiger partial charge < -0.3 is 10.8 Å². The molecule has 0 heterocycles. The zero-order valence-corrected chi connectivity index (χ0v) is 3.90. The highest BCUT2D eigenvalue weighted by molar-refractivity contribution is 7.80. The summed E-state index contributed by atoms with van der Waals surface area (Å²) in [6.07, 6.45) is 2.04. The van der Waals surface area contributed by atoms with Crippen molar-refractivity contribution >= 4 is 17.2 Å². The Morgan fingerprint density at radius 1 is 1.83 bits per heavy atom. The van der Waals surface area contributed by atoms with Crippen LogP contribution in [0.25, 0.3) is 0 Å². The molecule has 0 atom stereocenters. The summed E-state index contributed by atoms with van der Waals surface area (Å²) in [4.78, 5) is 0.192. The normalized spacial score (nSPS) is 9.33. The van der Waals surface area contributed by atoms with Gasteiger partial charge in [-0.3, -0.25) is 0 Å². The highest BCUT2D eigenvalue weighted by Crippen LogP contribution is 1.64. The second-order valence-electron chi connectivity index (χ2n) is 0.718. The lowest BCUT2D eigenvalue weighted by Gasteiger charge is -1.74. The van der Waals surface area contributed by atoms with Gasteiger partial charge >= 0.3 is 0 Å². The Kier molecular flexibility index (Phi) is 2.40. The fraction of sp³-hybridized carbons (Fsp3) is 0. The SMILES string of the molecule is NC(=S)/C=C\O. The molecule has 0 amide bonds. The summed E-state index contributed by atoms with van der Waals surface area (Å²) in [5.41, 5.74) is 4.89. The first kappa shape index (κ1) is 5.43. The van der Waals surface area contributed by atoms with Gasteiger partial charge in [-0.2, -0.15) is 0 Å². The van der Waals surface area contributed by atoms with Crippen LogP contribution < -0.4 is 5.73 Å². The van der Waals surface area contributed by atoms with Gasteiger partial charge in [0.05, 0.1) is 11.3 Å². The van der Waals surface area contributed by atoms with E-state index < -0.39 is 0 Å². The van der Waals surface area contributed by atoms with E-state index in [9.17, 15) is 0 Å². The van der Waals surface area contributed by atoms with Crippen molar-refractivity contribution in [3.8, 4) is 0 Å². The van der Waals surface area contributed by atoms with Gasteiger partial charge in [0.25, 0.3) is 0 Å². The standard InChI is InChI=1S/C3H5NOS/c4-3(6)1-2-5/h1-2,5H,(H2,4,6)/b2-1-. The molecular formula is C3H5NOS. The van der Waals surface area contributed by atoms with Gasteiger partial charge in [-0.1, -0.05) is 12.2 Å². The Morgan fingerprint density at radius 2 is 2.33 bits per heavy atom. The van der Waals surface area contributed by atoms with Crippen LogP contribution in [0.3, 0.4) is 0 Å². The highest BCUT2D eigenvalue weighted by Gasteiger charge is 1.68. The Hall–Kier alpha value is -0.570. The molecule has 0 radical (unpaired) electrons. The summed E-state index contributed by atoms with van der Waals surface area (Å²) in [6, 6.07) is 0. The molecule has 6 heavy (non-hydrogen) atoms. The first-order valence-electron chi connectivity index (χ1n) is 1.37. The molecule has 0 aromatic rings. The third kappa shape index (κ3) is 3.43. The molecule has 2 nitrogen and oxygen atoms in total. The van der Waals surface area contributed by atoms with Crippen molar-refractivity contribution in [1.29, 1.82) is 0 Å². The van der Waals surface area contributed by atoms with Crippen LogP contribution >= 0.6 is 12.2 Å². The first-order chi connectivity index (χ1) is 2.77. The predicted octanol–water partition coefficient (Wildman–Crippen LogP) is 0.344. The van der Waals surface area contributed by atoms with E-state index >= 15 is 0 Å². The maximum atomic E-state index is 7.89. The van der Waals surface area contributed by atoms with Crippen molar-refractivity contribution in [2.45, 2.75) is 0 Å². The monoisotopic (exact) mass is 103 g/mol. The predicted molar refractivity (Wildman–Crippen MR) is 28.6 cm³/mol. The highest BCUT2D eigenvalue weighted by atomic mass is 32.1. The lowest BCUT2D eigenvalue weighted by Crippen LogP contribution is -2.01. The van der Waals surface area contributed by atoms with E-state index in [0.717, 1.165) is 6.26 Å². The van der Waals surface area contributed by atoms with Gasteiger partial charge in [-0.25, -0.2) is 0 Å². The van der Waals surface area contributed by atoms with Crippen LogP contribution in [-0.4, -0.2) is 10.1 Å².